The maximum absolute atomic E-state index is 14.8. The first-order chi connectivity index (χ1) is 22.5. The van der Waals surface area contributed by atoms with Crippen molar-refractivity contribution in [3.05, 3.63) is 60.2 Å². The number of anilines is 2. The molecule has 0 spiro atoms. The van der Waals surface area contributed by atoms with Crippen molar-refractivity contribution in [2.45, 2.75) is 83.8 Å². The van der Waals surface area contributed by atoms with Crippen molar-refractivity contribution in [1.29, 1.82) is 0 Å². The van der Waals surface area contributed by atoms with Gasteiger partial charge in [0.05, 0.1) is 53.9 Å². The number of aromatic nitrogens is 2. The molecule has 2 saturated heterocycles. The van der Waals surface area contributed by atoms with Crippen molar-refractivity contribution in [1.82, 2.24) is 15.3 Å². The third-order valence-corrected chi connectivity index (χ3v) is 8.76. The molecule has 2 fully saturated rings. The summed E-state index contributed by atoms with van der Waals surface area (Å²) in [5, 5.41) is 16.3. The van der Waals surface area contributed by atoms with E-state index in [4.69, 9.17) is 18.8 Å². The van der Waals surface area contributed by atoms with Crippen molar-refractivity contribution >= 4 is 36.0 Å². The summed E-state index contributed by atoms with van der Waals surface area (Å²) in [6.07, 6.45) is 1.25. The Morgan fingerprint density at radius 2 is 1.83 bits per heavy atom. The number of methoxy groups -OCH3 is 1. The highest BCUT2D eigenvalue weighted by atomic mass is 19.1. The standard InChI is InChI=1S/C34H43BFN5O7/c1-32(2,3)46-31(44)38-21-17-22(19-42)41(18-21)26-16-20(35-47-33(4,5)34(6,7)48-35)12-13-24(26)40-30(43)25-14-15-37-29(39-25)28-23(36)10-9-11-27(28)45-8/h9-16,21-22,42H,17-19H2,1-8H3,(H,38,44)(H,40,43). The molecule has 1 aromatic heterocycles. The molecule has 48 heavy (non-hydrogen) atoms. The maximum Gasteiger partial charge on any atom is 0.494 e. The lowest BCUT2D eigenvalue weighted by molar-refractivity contribution is 0.00578. The number of aliphatic hydroxyl groups is 1. The minimum Gasteiger partial charge on any atom is -0.496 e. The second-order valence-electron chi connectivity index (χ2n) is 14.0. The smallest absolute Gasteiger partial charge is 0.494 e. The van der Waals surface area contributed by atoms with E-state index in [0.29, 0.717) is 29.8 Å². The predicted molar refractivity (Wildman–Crippen MR) is 180 cm³/mol. The molecule has 2 atom stereocenters. The number of rotatable bonds is 8. The Bertz CT molecular complexity index is 1670. The number of hydrogen-bond acceptors (Lipinski definition) is 10. The molecule has 3 heterocycles. The van der Waals surface area contributed by atoms with Crippen LogP contribution in [0.4, 0.5) is 20.6 Å². The summed E-state index contributed by atoms with van der Waals surface area (Å²) in [7, 11) is 0.722. The molecule has 0 saturated carbocycles. The highest BCUT2D eigenvalue weighted by molar-refractivity contribution is 6.62. The van der Waals surface area contributed by atoms with Gasteiger partial charge in [-0.3, -0.25) is 4.79 Å². The number of nitrogens with zero attached hydrogens (tertiary/aromatic N) is 3. The zero-order valence-corrected chi connectivity index (χ0v) is 28.6. The van der Waals surface area contributed by atoms with Gasteiger partial charge < -0.3 is 39.4 Å². The minimum atomic E-state index is -0.690. The van der Waals surface area contributed by atoms with E-state index in [1.807, 2.05) is 38.7 Å². The van der Waals surface area contributed by atoms with E-state index in [2.05, 4.69) is 20.6 Å². The van der Waals surface area contributed by atoms with Gasteiger partial charge in [0, 0.05) is 12.7 Å². The maximum atomic E-state index is 14.8. The number of nitrogens with one attached hydrogen (secondary N) is 2. The lowest BCUT2D eigenvalue weighted by Gasteiger charge is -2.32. The number of aliphatic hydroxyl groups excluding tert-OH is 1. The van der Waals surface area contributed by atoms with Crippen molar-refractivity contribution < 1.29 is 37.9 Å². The first kappa shape index (κ1) is 35.1. The molecule has 2 aliphatic rings. The molecule has 12 nitrogen and oxygen atoms in total. The number of alkyl carbamates (subject to hydrolysis) is 1. The molecule has 0 aliphatic carbocycles. The van der Waals surface area contributed by atoms with Crippen LogP contribution in [0.25, 0.3) is 11.4 Å². The van der Waals surface area contributed by atoms with E-state index in [0.717, 1.165) is 0 Å². The summed E-state index contributed by atoms with van der Waals surface area (Å²) < 4.78 is 38.2. The molecular formula is C34H43BFN5O7. The first-order valence-corrected chi connectivity index (χ1v) is 15.9. The van der Waals surface area contributed by atoms with E-state index >= 15 is 0 Å². The van der Waals surface area contributed by atoms with Crippen LogP contribution in [-0.4, -0.2) is 83.3 Å². The van der Waals surface area contributed by atoms with Crippen LogP contribution in [-0.2, 0) is 14.0 Å². The fourth-order valence-electron chi connectivity index (χ4n) is 5.66. The van der Waals surface area contributed by atoms with Gasteiger partial charge in [-0.25, -0.2) is 19.2 Å². The lowest BCUT2D eigenvalue weighted by Crippen LogP contribution is -2.41. The van der Waals surface area contributed by atoms with Gasteiger partial charge in [0.2, 0.25) is 0 Å². The number of halogens is 1. The molecule has 2 aliphatic heterocycles. The molecule has 14 heteroatoms. The number of ether oxygens (including phenoxy) is 2. The van der Waals surface area contributed by atoms with E-state index in [-0.39, 0.29) is 35.5 Å². The van der Waals surface area contributed by atoms with Crippen LogP contribution in [0.1, 0.15) is 65.4 Å². The number of hydrogen-bond donors (Lipinski definition) is 3. The topological polar surface area (TPSA) is 144 Å². The van der Waals surface area contributed by atoms with Crippen LogP contribution >= 0.6 is 0 Å². The fourth-order valence-corrected chi connectivity index (χ4v) is 5.66. The van der Waals surface area contributed by atoms with Gasteiger partial charge in [0.1, 0.15) is 22.9 Å². The molecule has 2 aromatic carbocycles. The minimum absolute atomic E-state index is 0.00381. The Morgan fingerprint density at radius 1 is 1.12 bits per heavy atom. The molecular weight excluding hydrogens is 620 g/mol. The van der Waals surface area contributed by atoms with Crippen LogP contribution < -0.4 is 25.7 Å². The number of carbonyl (C=O) groups excluding carboxylic acids is 2. The van der Waals surface area contributed by atoms with Crippen LogP contribution in [0, 0.1) is 5.82 Å². The average Bonchev–Trinajstić information content (AvgIpc) is 3.51. The SMILES string of the molecule is COc1cccc(F)c1-c1nccc(C(=O)Nc2ccc(B3OC(C)(C)C(C)(C)O3)cc2N2CC(NC(=O)OC(C)(C)C)CC2CO)n1. The van der Waals surface area contributed by atoms with Crippen molar-refractivity contribution in [3.63, 3.8) is 0 Å². The van der Waals surface area contributed by atoms with E-state index < -0.39 is 47.8 Å². The van der Waals surface area contributed by atoms with E-state index in [1.54, 1.807) is 39.0 Å². The van der Waals surface area contributed by atoms with E-state index in [9.17, 15) is 19.1 Å². The predicted octanol–water partition coefficient (Wildman–Crippen LogP) is 4.31. The number of benzene rings is 2. The lowest BCUT2D eigenvalue weighted by atomic mass is 9.78. The molecule has 0 radical (unpaired) electrons. The summed E-state index contributed by atoms with van der Waals surface area (Å²) in [4.78, 5) is 36.8. The summed E-state index contributed by atoms with van der Waals surface area (Å²) in [6, 6.07) is 10.4. The van der Waals surface area contributed by atoms with Crippen molar-refractivity contribution in [2.75, 3.05) is 30.5 Å². The largest absolute Gasteiger partial charge is 0.496 e. The second-order valence-corrected chi connectivity index (χ2v) is 14.0. The Morgan fingerprint density at radius 3 is 2.48 bits per heavy atom. The van der Waals surface area contributed by atoms with Gasteiger partial charge >= 0.3 is 13.2 Å². The van der Waals surface area contributed by atoms with Gasteiger partial charge in [-0.15, -0.1) is 0 Å². The summed E-state index contributed by atoms with van der Waals surface area (Å²) in [5.74, 6) is -0.940. The quantitative estimate of drug-likeness (QED) is 0.299. The third-order valence-electron chi connectivity index (χ3n) is 8.76. The molecule has 3 N–H and O–H groups in total. The van der Waals surface area contributed by atoms with Crippen molar-refractivity contribution in [3.8, 4) is 17.1 Å². The molecule has 2 unspecified atom stereocenters. The van der Waals surface area contributed by atoms with Crippen LogP contribution in [0.5, 0.6) is 5.75 Å². The average molecular weight is 664 g/mol. The van der Waals surface area contributed by atoms with E-state index in [1.165, 1.54) is 31.5 Å². The third kappa shape index (κ3) is 7.40. The molecule has 2 amide bonds. The van der Waals surface area contributed by atoms with Gasteiger partial charge in [0.25, 0.3) is 5.91 Å². The second kappa shape index (κ2) is 13.3. The van der Waals surface area contributed by atoms with Crippen LogP contribution in [0.3, 0.4) is 0 Å². The highest BCUT2D eigenvalue weighted by Crippen LogP contribution is 2.38. The van der Waals surface area contributed by atoms with Gasteiger partial charge in [0.15, 0.2) is 5.82 Å². The van der Waals surface area contributed by atoms with Gasteiger partial charge in [-0.1, -0.05) is 12.1 Å². The Labute approximate surface area is 280 Å². The number of amides is 2. The summed E-state index contributed by atoms with van der Waals surface area (Å²) in [5.41, 5.74) is -0.109. The monoisotopic (exact) mass is 663 g/mol. The molecule has 3 aromatic rings. The Kier molecular flexibility index (Phi) is 9.73. The molecule has 0 bridgehead atoms. The highest BCUT2D eigenvalue weighted by Gasteiger charge is 2.52. The Hall–Kier alpha value is -4.27. The fraction of sp³-hybridized carbons (Fsp3) is 0.471. The summed E-state index contributed by atoms with van der Waals surface area (Å²) in [6.45, 7) is 13.3. The number of carbonyl (C=O) groups is 2. The van der Waals surface area contributed by atoms with Gasteiger partial charge in [-0.05, 0) is 90.7 Å². The first-order valence-electron chi connectivity index (χ1n) is 15.9. The Balaban J connectivity index is 1.48. The van der Waals surface area contributed by atoms with Crippen LogP contribution in [0.15, 0.2) is 48.7 Å². The zero-order valence-electron chi connectivity index (χ0n) is 28.6. The van der Waals surface area contributed by atoms with Gasteiger partial charge in [-0.2, -0.15) is 0 Å². The molecule has 256 valence electrons. The van der Waals surface area contributed by atoms with Crippen LogP contribution in [0.2, 0.25) is 0 Å². The zero-order chi connectivity index (χ0) is 35.0. The summed E-state index contributed by atoms with van der Waals surface area (Å²) >= 11 is 0. The normalized spacial score (nSPS) is 20.0. The molecule has 5 rings (SSSR count). The van der Waals surface area contributed by atoms with Crippen molar-refractivity contribution in [2.24, 2.45) is 0 Å².